The summed E-state index contributed by atoms with van der Waals surface area (Å²) in [6, 6.07) is 4.09. The predicted molar refractivity (Wildman–Crippen MR) is 41.5 cm³/mol. The number of hydrogen-bond acceptors (Lipinski definition) is 3. The maximum Gasteiger partial charge on any atom is 0.176 e. The molecule has 0 spiro atoms. The largest absolute Gasteiger partial charge is 0.319 e. The number of nitrogens with zero attached hydrogens (tertiary/aromatic N) is 1. The lowest BCUT2D eigenvalue weighted by Gasteiger charge is -1.89. The molecule has 52 valence electrons. The van der Waals surface area contributed by atoms with Gasteiger partial charge in [-0.05, 0) is 19.1 Å². The van der Waals surface area contributed by atoms with Crippen molar-refractivity contribution in [2.75, 3.05) is 0 Å². The molecule has 3 heteroatoms. The van der Waals surface area contributed by atoms with Gasteiger partial charge in [0.25, 0.3) is 0 Å². The van der Waals surface area contributed by atoms with Gasteiger partial charge in [0.2, 0.25) is 0 Å². The van der Waals surface area contributed by atoms with E-state index >= 15 is 0 Å². The molecule has 1 heterocycles. The summed E-state index contributed by atoms with van der Waals surface area (Å²) in [4.78, 5) is 2.49. The van der Waals surface area contributed by atoms with Crippen molar-refractivity contribution in [3.8, 4) is 6.19 Å². The van der Waals surface area contributed by atoms with Crippen LogP contribution in [0.25, 0.3) is 0 Å². The maximum absolute atomic E-state index is 8.18. The van der Waals surface area contributed by atoms with Crippen molar-refractivity contribution in [2.24, 2.45) is 0 Å². The molecule has 1 aromatic rings. The topological polar surface area (TPSA) is 35.8 Å². The summed E-state index contributed by atoms with van der Waals surface area (Å²) in [6.45, 7) is 2.72. The van der Waals surface area contributed by atoms with Gasteiger partial charge >= 0.3 is 0 Å². The van der Waals surface area contributed by atoms with Crippen molar-refractivity contribution in [3.05, 3.63) is 21.9 Å². The van der Waals surface area contributed by atoms with Crippen LogP contribution < -0.4 is 5.32 Å². The summed E-state index contributed by atoms with van der Waals surface area (Å²) in [5.74, 6) is 0. The molecule has 0 saturated carbocycles. The van der Waals surface area contributed by atoms with E-state index in [-0.39, 0.29) is 0 Å². The number of nitriles is 1. The van der Waals surface area contributed by atoms with E-state index < -0.39 is 0 Å². The van der Waals surface area contributed by atoms with Crippen LogP contribution >= 0.6 is 11.3 Å². The van der Waals surface area contributed by atoms with Gasteiger partial charge in [-0.3, -0.25) is 0 Å². The zero-order chi connectivity index (χ0) is 7.40. The molecule has 0 aliphatic carbocycles. The minimum atomic E-state index is 0.662. The van der Waals surface area contributed by atoms with E-state index in [1.54, 1.807) is 11.3 Å². The van der Waals surface area contributed by atoms with Crippen LogP contribution in [0, 0.1) is 18.4 Å². The lowest BCUT2D eigenvalue weighted by Crippen LogP contribution is -2.01. The van der Waals surface area contributed by atoms with Crippen molar-refractivity contribution in [1.82, 2.24) is 5.32 Å². The molecule has 0 amide bonds. The Morgan fingerprint density at radius 1 is 1.70 bits per heavy atom. The van der Waals surface area contributed by atoms with E-state index in [1.165, 1.54) is 9.75 Å². The van der Waals surface area contributed by atoms with Gasteiger partial charge in [0.15, 0.2) is 6.19 Å². The molecular formula is C7H8N2S. The van der Waals surface area contributed by atoms with Crippen LogP contribution in [0.2, 0.25) is 0 Å². The summed E-state index contributed by atoms with van der Waals surface area (Å²) in [5, 5.41) is 10.8. The smallest absolute Gasteiger partial charge is 0.176 e. The van der Waals surface area contributed by atoms with E-state index in [9.17, 15) is 0 Å². The molecule has 0 saturated heterocycles. The molecule has 0 aliphatic rings. The van der Waals surface area contributed by atoms with Crippen LogP contribution in [0.4, 0.5) is 0 Å². The van der Waals surface area contributed by atoms with Gasteiger partial charge in [-0.2, -0.15) is 5.26 Å². The van der Waals surface area contributed by atoms with Crippen molar-refractivity contribution >= 4 is 11.3 Å². The van der Waals surface area contributed by atoms with Gasteiger partial charge in [-0.25, -0.2) is 0 Å². The average molecular weight is 152 g/mol. The Bertz CT molecular complexity index is 246. The molecule has 0 unspecified atom stereocenters. The Labute approximate surface area is 64.1 Å². The SMILES string of the molecule is Cc1ccc(CNC#N)s1. The van der Waals surface area contributed by atoms with Crippen molar-refractivity contribution in [2.45, 2.75) is 13.5 Å². The van der Waals surface area contributed by atoms with Gasteiger partial charge in [0.05, 0.1) is 6.54 Å². The van der Waals surface area contributed by atoms with Gasteiger partial charge in [-0.1, -0.05) is 0 Å². The van der Waals surface area contributed by atoms with E-state index in [0.717, 1.165) is 0 Å². The van der Waals surface area contributed by atoms with E-state index in [4.69, 9.17) is 5.26 Å². The second-order valence-electron chi connectivity index (χ2n) is 1.98. The Hall–Kier alpha value is -1.01. The van der Waals surface area contributed by atoms with Gasteiger partial charge < -0.3 is 5.32 Å². The average Bonchev–Trinajstić information content (AvgIpc) is 2.31. The molecule has 0 atom stereocenters. The fourth-order valence-electron chi connectivity index (χ4n) is 0.707. The first-order valence-corrected chi connectivity index (χ1v) is 3.82. The number of rotatable bonds is 2. The fraction of sp³-hybridized carbons (Fsp3) is 0.286. The van der Waals surface area contributed by atoms with Crippen LogP contribution in [-0.4, -0.2) is 0 Å². The Balaban J connectivity index is 2.52. The van der Waals surface area contributed by atoms with Crippen molar-refractivity contribution in [1.29, 1.82) is 5.26 Å². The van der Waals surface area contributed by atoms with Crippen LogP contribution in [-0.2, 0) is 6.54 Å². The molecule has 0 fully saturated rings. The molecule has 0 aliphatic heterocycles. The van der Waals surface area contributed by atoms with Crippen molar-refractivity contribution in [3.63, 3.8) is 0 Å². The first-order chi connectivity index (χ1) is 4.83. The Kier molecular flexibility index (Phi) is 2.30. The highest BCUT2D eigenvalue weighted by molar-refractivity contribution is 7.11. The first-order valence-electron chi connectivity index (χ1n) is 3.00. The minimum Gasteiger partial charge on any atom is -0.319 e. The highest BCUT2D eigenvalue weighted by Gasteiger charge is 1.93. The molecule has 0 radical (unpaired) electrons. The molecule has 10 heavy (non-hydrogen) atoms. The van der Waals surface area contributed by atoms with Crippen LogP contribution in [0.1, 0.15) is 9.75 Å². The first kappa shape index (κ1) is 7.10. The summed E-state index contributed by atoms with van der Waals surface area (Å²) in [6.07, 6.45) is 1.88. The summed E-state index contributed by atoms with van der Waals surface area (Å²) >= 11 is 1.71. The zero-order valence-corrected chi connectivity index (χ0v) is 6.53. The Morgan fingerprint density at radius 3 is 3.00 bits per heavy atom. The number of aryl methyl sites for hydroxylation is 1. The molecular weight excluding hydrogens is 144 g/mol. The quantitative estimate of drug-likeness (QED) is 0.516. The molecule has 2 nitrogen and oxygen atoms in total. The third-order valence-corrected chi connectivity index (χ3v) is 2.14. The summed E-state index contributed by atoms with van der Waals surface area (Å²) in [7, 11) is 0. The molecule has 1 rings (SSSR count). The standard InChI is InChI=1S/C7H8N2S/c1-6-2-3-7(10-6)4-9-5-8/h2-3,9H,4H2,1H3. The van der Waals surface area contributed by atoms with E-state index in [1.807, 2.05) is 12.3 Å². The van der Waals surface area contributed by atoms with Crippen LogP contribution in [0.15, 0.2) is 12.1 Å². The minimum absolute atomic E-state index is 0.662. The molecule has 1 aromatic heterocycles. The summed E-state index contributed by atoms with van der Waals surface area (Å²) < 4.78 is 0. The zero-order valence-electron chi connectivity index (χ0n) is 5.72. The van der Waals surface area contributed by atoms with E-state index in [0.29, 0.717) is 6.54 Å². The van der Waals surface area contributed by atoms with Gasteiger partial charge in [-0.15, -0.1) is 11.3 Å². The number of nitrogens with one attached hydrogen (secondary N) is 1. The second kappa shape index (κ2) is 3.23. The van der Waals surface area contributed by atoms with Crippen LogP contribution in [0.5, 0.6) is 0 Å². The maximum atomic E-state index is 8.18. The molecule has 0 bridgehead atoms. The fourth-order valence-corrected chi connectivity index (χ4v) is 1.54. The third-order valence-electron chi connectivity index (χ3n) is 1.14. The monoisotopic (exact) mass is 152 g/mol. The van der Waals surface area contributed by atoms with Crippen LogP contribution in [0.3, 0.4) is 0 Å². The third kappa shape index (κ3) is 1.74. The van der Waals surface area contributed by atoms with Gasteiger partial charge in [0.1, 0.15) is 0 Å². The van der Waals surface area contributed by atoms with Gasteiger partial charge in [0, 0.05) is 9.75 Å². The second-order valence-corrected chi connectivity index (χ2v) is 3.35. The molecule has 0 aromatic carbocycles. The highest BCUT2D eigenvalue weighted by Crippen LogP contribution is 2.13. The van der Waals surface area contributed by atoms with E-state index in [2.05, 4.69) is 18.3 Å². The van der Waals surface area contributed by atoms with Crippen molar-refractivity contribution < 1.29 is 0 Å². The Morgan fingerprint density at radius 2 is 2.50 bits per heavy atom. The normalized spacial score (nSPS) is 8.80. The lowest BCUT2D eigenvalue weighted by atomic mass is 10.4. The number of hydrogen-bond donors (Lipinski definition) is 1. The summed E-state index contributed by atoms with van der Waals surface area (Å²) in [5.41, 5.74) is 0. The molecule has 1 N–H and O–H groups in total. The highest BCUT2D eigenvalue weighted by atomic mass is 32.1. The lowest BCUT2D eigenvalue weighted by molar-refractivity contribution is 0.901. The predicted octanol–water partition coefficient (Wildman–Crippen LogP) is 1.63. The number of thiophene rings is 1.